The quantitative estimate of drug-likeness (QED) is 0.385. The standard InChI is InChI=1S/C8H14N4O2/c1-13-3-2-4-14-8-5-7(12-9)10-6-11-8/h5-6H,2-4,9H2,1H3,(H,10,11,12). The van der Waals surface area contributed by atoms with Crippen LogP contribution in [0, 0.1) is 0 Å². The zero-order valence-electron chi connectivity index (χ0n) is 8.06. The molecule has 1 heterocycles. The van der Waals surface area contributed by atoms with E-state index in [4.69, 9.17) is 15.3 Å². The number of nitrogens with two attached hydrogens (primary N) is 1. The summed E-state index contributed by atoms with van der Waals surface area (Å²) in [4.78, 5) is 7.77. The van der Waals surface area contributed by atoms with E-state index in [0.717, 1.165) is 6.42 Å². The van der Waals surface area contributed by atoms with Crippen LogP contribution in [-0.2, 0) is 4.74 Å². The molecule has 0 fully saturated rings. The Morgan fingerprint density at radius 3 is 3.00 bits per heavy atom. The highest BCUT2D eigenvalue weighted by Gasteiger charge is 1.97. The fraction of sp³-hybridized carbons (Fsp3) is 0.500. The molecule has 3 N–H and O–H groups in total. The van der Waals surface area contributed by atoms with Gasteiger partial charge in [-0.3, -0.25) is 0 Å². The zero-order chi connectivity index (χ0) is 10.2. The first-order valence-corrected chi connectivity index (χ1v) is 4.27. The second kappa shape index (κ2) is 6.11. The van der Waals surface area contributed by atoms with Gasteiger partial charge in [-0.1, -0.05) is 0 Å². The molecule has 0 aliphatic carbocycles. The summed E-state index contributed by atoms with van der Waals surface area (Å²) in [6.45, 7) is 1.24. The molecule has 0 spiro atoms. The van der Waals surface area contributed by atoms with Gasteiger partial charge < -0.3 is 14.9 Å². The van der Waals surface area contributed by atoms with Gasteiger partial charge >= 0.3 is 0 Å². The summed E-state index contributed by atoms with van der Waals surface area (Å²) in [5.74, 6) is 6.21. The Bertz CT molecular complexity index is 269. The van der Waals surface area contributed by atoms with Gasteiger partial charge in [-0.15, -0.1) is 0 Å². The van der Waals surface area contributed by atoms with Crippen molar-refractivity contribution in [2.24, 2.45) is 5.84 Å². The second-order valence-electron chi connectivity index (χ2n) is 2.58. The normalized spacial score (nSPS) is 9.86. The van der Waals surface area contributed by atoms with Crippen LogP contribution in [-0.4, -0.2) is 30.3 Å². The summed E-state index contributed by atoms with van der Waals surface area (Å²) in [7, 11) is 1.65. The molecule has 6 nitrogen and oxygen atoms in total. The maximum atomic E-state index is 5.32. The van der Waals surface area contributed by atoms with Crippen molar-refractivity contribution in [3.8, 4) is 5.88 Å². The van der Waals surface area contributed by atoms with Crippen LogP contribution < -0.4 is 16.0 Å². The van der Waals surface area contributed by atoms with Gasteiger partial charge in [0.2, 0.25) is 5.88 Å². The van der Waals surface area contributed by atoms with Crippen LogP contribution in [0.4, 0.5) is 5.82 Å². The van der Waals surface area contributed by atoms with Crippen LogP contribution in [0.3, 0.4) is 0 Å². The minimum Gasteiger partial charge on any atom is -0.477 e. The van der Waals surface area contributed by atoms with Crippen LogP contribution in [0.1, 0.15) is 6.42 Å². The highest BCUT2D eigenvalue weighted by Crippen LogP contribution is 2.09. The van der Waals surface area contributed by atoms with Gasteiger partial charge in [0.05, 0.1) is 6.61 Å². The predicted molar refractivity (Wildman–Crippen MR) is 51.8 cm³/mol. The first-order valence-electron chi connectivity index (χ1n) is 4.27. The fourth-order valence-corrected chi connectivity index (χ4v) is 0.877. The number of ether oxygens (including phenoxy) is 2. The number of nitrogens with zero attached hydrogens (tertiary/aromatic N) is 2. The number of rotatable bonds is 6. The summed E-state index contributed by atoms with van der Waals surface area (Å²) < 4.78 is 10.2. The summed E-state index contributed by atoms with van der Waals surface area (Å²) in [6.07, 6.45) is 2.22. The van der Waals surface area contributed by atoms with E-state index in [2.05, 4.69) is 15.4 Å². The lowest BCUT2D eigenvalue weighted by atomic mass is 10.5. The van der Waals surface area contributed by atoms with Crippen molar-refractivity contribution in [1.29, 1.82) is 0 Å². The predicted octanol–water partition coefficient (Wildman–Crippen LogP) is 0.177. The molecule has 1 aromatic heterocycles. The number of aromatic nitrogens is 2. The average molecular weight is 198 g/mol. The number of nitrogen functional groups attached to an aromatic ring is 1. The summed E-state index contributed by atoms with van der Waals surface area (Å²) in [5, 5.41) is 0. The Hall–Kier alpha value is -1.40. The Balaban J connectivity index is 2.34. The van der Waals surface area contributed by atoms with Gasteiger partial charge in [0.15, 0.2) is 0 Å². The number of hydrazine groups is 1. The lowest BCUT2D eigenvalue weighted by Crippen LogP contribution is -2.09. The van der Waals surface area contributed by atoms with Gasteiger partial charge in [0.1, 0.15) is 12.1 Å². The highest BCUT2D eigenvalue weighted by molar-refractivity contribution is 5.35. The Labute approximate surface area is 82.4 Å². The van der Waals surface area contributed by atoms with Crippen molar-refractivity contribution in [2.75, 3.05) is 25.7 Å². The topological polar surface area (TPSA) is 82.3 Å². The molecule has 0 aliphatic rings. The summed E-state index contributed by atoms with van der Waals surface area (Å²) >= 11 is 0. The van der Waals surface area contributed by atoms with Gasteiger partial charge in [0.25, 0.3) is 0 Å². The molecule has 14 heavy (non-hydrogen) atoms. The highest BCUT2D eigenvalue weighted by atomic mass is 16.5. The molecule has 0 amide bonds. The summed E-state index contributed by atoms with van der Waals surface area (Å²) in [5.41, 5.74) is 2.41. The number of anilines is 1. The maximum absolute atomic E-state index is 5.32. The lowest BCUT2D eigenvalue weighted by molar-refractivity contribution is 0.170. The first-order chi connectivity index (χ1) is 6.86. The Kier molecular flexibility index (Phi) is 4.66. The third-order valence-electron chi connectivity index (χ3n) is 1.53. The minimum absolute atomic E-state index is 0.504. The molecule has 0 atom stereocenters. The van der Waals surface area contributed by atoms with Crippen molar-refractivity contribution in [1.82, 2.24) is 9.97 Å². The molecule has 0 saturated heterocycles. The van der Waals surface area contributed by atoms with Crippen molar-refractivity contribution >= 4 is 5.82 Å². The van der Waals surface area contributed by atoms with Gasteiger partial charge in [-0.25, -0.2) is 15.8 Å². The minimum atomic E-state index is 0.504. The van der Waals surface area contributed by atoms with Crippen LogP contribution >= 0.6 is 0 Å². The van der Waals surface area contributed by atoms with Crippen LogP contribution in [0.25, 0.3) is 0 Å². The van der Waals surface area contributed by atoms with Crippen LogP contribution in [0.5, 0.6) is 5.88 Å². The third-order valence-corrected chi connectivity index (χ3v) is 1.53. The number of methoxy groups -OCH3 is 1. The largest absolute Gasteiger partial charge is 0.477 e. The van der Waals surface area contributed by atoms with Crippen molar-refractivity contribution in [3.63, 3.8) is 0 Å². The molecule has 1 aromatic rings. The van der Waals surface area contributed by atoms with E-state index in [0.29, 0.717) is 24.9 Å². The zero-order valence-corrected chi connectivity index (χ0v) is 8.06. The van der Waals surface area contributed by atoms with E-state index < -0.39 is 0 Å². The van der Waals surface area contributed by atoms with E-state index in [9.17, 15) is 0 Å². The van der Waals surface area contributed by atoms with Gasteiger partial charge in [-0.2, -0.15) is 0 Å². The molecule has 1 rings (SSSR count). The molecule has 0 aliphatic heterocycles. The average Bonchev–Trinajstić information content (AvgIpc) is 2.25. The first kappa shape index (κ1) is 10.7. The lowest BCUT2D eigenvalue weighted by Gasteiger charge is -2.05. The van der Waals surface area contributed by atoms with Crippen molar-refractivity contribution in [3.05, 3.63) is 12.4 Å². The molecular formula is C8H14N4O2. The smallest absolute Gasteiger partial charge is 0.218 e. The van der Waals surface area contributed by atoms with Crippen LogP contribution in [0.15, 0.2) is 12.4 Å². The molecule has 0 radical (unpaired) electrons. The van der Waals surface area contributed by atoms with Crippen molar-refractivity contribution < 1.29 is 9.47 Å². The van der Waals surface area contributed by atoms with E-state index >= 15 is 0 Å². The van der Waals surface area contributed by atoms with E-state index in [1.54, 1.807) is 13.2 Å². The van der Waals surface area contributed by atoms with E-state index in [1.807, 2.05) is 0 Å². The molecule has 0 unspecified atom stereocenters. The monoisotopic (exact) mass is 198 g/mol. The molecule has 6 heteroatoms. The molecule has 0 aromatic carbocycles. The van der Waals surface area contributed by atoms with E-state index in [1.165, 1.54) is 6.33 Å². The number of hydrogen-bond acceptors (Lipinski definition) is 6. The van der Waals surface area contributed by atoms with Gasteiger partial charge in [0, 0.05) is 26.2 Å². The number of hydrogen-bond donors (Lipinski definition) is 2. The van der Waals surface area contributed by atoms with Crippen LogP contribution in [0.2, 0.25) is 0 Å². The molecule has 78 valence electrons. The van der Waals surface area contributed by atoms with E-state index in [-0.39, 0.29) is 0 Å². The summed E-state index contributed by atoms with van der Waals surface area (Å²) in [6, 6.07) is 1.63. The van der Waals surface area contributed by atoms with Gasteiger partial charge in [-0.05, 0) is 0 Å². The SMILES string of the molecule is COCCCOc1cc(NN)ncn1. The third kappa shape index (κ3) is 3.55. The Morgan fingerprint density at radius 1 is 1.43 bits per heavy atom. The van der Waals surface area contributed by atoms with Crippen molar-refractivity contribution in [2.45, 2.75) is 6.42 Å². The fourth-order valence-electron chi connectivity index (χ4n) is 0.877. The molecule has 0 bridgehead atoms. The second-order valence-corrected chi connectivity index (χ2v) is 2.58. The maximum Gasteiger partial charge on any atom is 0.218 e. The molecule has 0 saturated carbocycles. The number of nitrogens with one attached hydrogen (secondary N) is 1. The Morgan fingerprint density at radius 2 is 2.29 bits per heavy atom. The molecular weight excluding hydrogens is 184 g/mol.